The Morgan fingerprint density at radius 1 is 1.15 bits per heavy atom. The van der Waals surface area contributed by atoms with Gasteiger partial charge in [0.05, 0.1) is 33.9 Å². The van der Waals surface area contributed by atoms with Gasteiger partial charge in [0.2, 0.25) is 0 Å². The largest absolute Gasteiger partial charge is 0.345 e. The number of benzene rings is 2. The molecule has 14 heteroatoms. The molecular formula is C26H22FN7O4S2. The molecule has 1 N–H and O–H groups in total. The van der Waals surface area contributed by atoms with E-state index >= 15 is 0 Å². The van der Waals surface area contributed by atoms with E-state index in [2.05, 4.69) is 20.6 Å². The first-order valence-electron chi connectivity index (χ1n) is 12.0. The Bertz CT molecular complexity index is 1570. The predicted molar refractivity (Wildman–Crippen MR) is 147 cm³/mol. The number of aromatic nitrogens is 3. The van der Waals surface area contributed by atoms with Crippen LogP contribution in [-0.4, -0.2) is 48.0 Å². The van der Waals surface area contributed by atoms with Crippen LogP contribution in [0.4, 0.5) is 10.1 Å². The van der Waals surface area contributed by atoms with E-state index in [-0.39, 0.29) is 41.3 Å². The molecule has 40 heavy (non-hydrogen) atoms. The van der Waals surface area contributed by atoms with Crippen LogP contribution in [0.1, 0.15) is 39.1 Å². The second-order valence-electron chi connectivity index (χ2n) is 8.77. The highest BCUT2D eigenvalue weighted by molar-refractivity contribution is 7.99. The Hall–Kier alpha value is -4.43. The number of thioether (sulfide) groups is 1. The summed E-state index contributed by atoms with van der Waals surface area (Å²) in [6, 6.07) is 14.9. The van der Waals surface area contributed by atoms with E-state index in [0.29, 0.717) is 17.4 Å². The average Bonchev–Trinajstić information content (AvgIpc) is 3.71. The van der Waals surface area contributed by atoms with Crippen LogP contribution in [0.15, 0.2) is 76.3 Å². The summed E-state index contributed by atoms with van der Waals surface area (Å²) in [6.45, 7) is 0.0705. The molecule has 1 unspecified atom stereocenters. The molecule has 0 aliphatic carbocycles. The fraction of sp³-hybridized carbons (Fsp3) is 0.192. The van der Waals surface area contributed by atoms with Gasteiger partial charge in [0, 0.05) is 31.2 Å². The Morgan fingerprint density at radius 2 is 1.90 bits per heavy atom. The number of amides is 2. The maximum absolute atomic E-state index is 13.5. The van der Waals surface area contributed by atoms with Gasteiger partial charge in [-0.3, -0.25) is 19.7 Å². The minimum Gasteiger partial charge on any atom is -0.345 e. The smallest absolute Gasteiger partial charge is 0.269 e. The number of nitro groups is 1. The molecule has 2 aromatic heterocycles. The molecule has 0 saturated carbocycles. The lowest BCUT2D eigenvalue weighted by atomic mass is 10.0. The molecule has 1 atom stereocenters. The number of thiophene rings is 1. The van der Waals surface area contributed by atoms with Crippen molar-refractivity contribution in [3.63, 3.8) is 0 Å². The van der Waals surface area contributed by atoms with Gasteiger partial charge in [-0.2, -0.15) is 5.10 Å². The van der Waals surface area contributed by atoms with Gasteiger partial charge < -0.3 is 9.88 Å². The molecule has 2 amide bonds. The second-order valence-corrected chi connectivity index (χ2v) is 10.7. The highest BCUT2D eigenvalue weighted by Gasteiger charge is 2.33. The number of carbonyl (C=O) groups is 2. The van der Waals surface area contributed by atoms with Gasteiger partial charge in [0.1, 0.15) is 5.82 Å². The van der Waals surface area contributed by atoms with Gasteiger partial charge in [-0.05, 0) is 41.3 Å². The van der Waals surface area contributed by atoms with Crippen LogP contribution in [-0.2, 0) is 18.4 Å². The Balaban J connectivity index is 1.22. The third kappa shape index (κ3) is 5.92. The number of hydrazone groups is 1. The minimum absolute atomic E-state index is 0.0417. The second kappa shape index (κ2) is 11.8. The zero-order valence-corrected chi connectivity index (χ0v) is 22.7. The van der Waals surface area contributed by atoms with Crippen molar-refractivity contribution in [1.82, 2.24) is 25.1 Å². The molecule has 0 bridgehead atoms. The summed E-state index contributed by atoms with van der Waals surface area (Å²) in [5.74, 6) is -0.491. The molecule has 0 radical (unpaired) electrons. The van der Waals surface area contributed by atoms with Crippen molar-refractivity contribution >= 4 is 46.3 Å². The normalized spacial score (nSPS) is 14.7. The van der Waals surface area contributed by atoms with E-state index < -0.39 is 10.8 Å². The molecule has 1 aliphatic heterocycles. The fourth-order valence-electron chi connectivity index (χ4n) is 4.09. The number of carbonyl (C=O) groups excluding carboxylic acids is 2. The van der Waals surface area contributed by atoms with E-state index in [9.17, 15) is 24.1 Å². The number of hydrogen-bond acceptors (Lipinski definition) is 9. The summed E-state index contributed by atoms with van der Waals surface area (Å²) in [7, 11) is 1.73. The van der Waals surface area contributed by atoms with E-state index in [1.54, 1.807) is 35.1 Å². The number of nitrogens with zero attached hydrogens (tertiary/aromatic N) is 6. The zero-order valence-electron chi connectivity index (χ0n) is 21.1. The van der Waals surface area contributed by atoms with E-state index in [1.807, 2.05) is 17.5 Å². The quantitative estimate of drug-likeness (QED) is 0.177. The van der Waals surface area contributed by atoms with E-state index in [1.165, 1.54) is 53.2 Å². The summed E-state index contributed by atoms with van der Waals surface area (Å²) in [4.78, 5) is 37.0. The summed E-state index contributed by atoms with van der Waals surface area (Å²) in [5.41, 5.74) is 1.76. The molecule has 3 heterocycles. The van der Waals surface area contributed by atoms with E-state index in [4.69, 9.17) is 0 Å². The molecule has 0 spiro atoms. The summed E-state index contributed by atoms with van der Waals surface area (Å²) in [6.07, 6.45) is 0.519. The minimum atomic E-state index is -0.535. The molecule has 11 nitrogen and oxygen atoms in total. The number of nitro benzene ring substituents is 1. The Labute approximate surface area is 235 Å². The molecule has 1 aliphatic rings. The van der Waals surface area contributed by atoms with Gasteiger partial charge >= 0.3 is 0 Å². The molecule has 204 valence electrons. The number of non-ortho nitro benzene ring substituents is 1. The topological polar surface area (TPSA) is 136 Å². The number of rotatable bonds is 9. The van der Waals surface area contributed by atoms with Gasteiger partial charge in [-0.1, -0.05) is 30.0 Å². The lowest BCUT2D eigenvalue weighted by Crippen LogP contribution is -2.28. The van der Waals surface area contributed by atoms with Crippen molar-refractivity contribution in [3.05, 3.63) is 104 Å². The SMILES string of the molecule is Cn1c(CNC(=O)c2ccc([N+](=O)[O-])cc2)nnc1SCC(=O)N1N=C(c2cccs2)CC1c1ccc(F)cc1. The summed E-state index contributed by atoms with van der Waals surface area (Å²) in [5, 5.41) is 30.3. The number of halogens is 1. The first-order valence-corrected chi connectivity index (χ1v) is 13.9. The van der Waals surface area contributed by atoms with Crippen molar-refractivity contribution < 1.29 is 18.9 Å². The lowest BCUT2D eigenvalue weighted by molar-refractivity contribution is -0.384. The van der Waals surface area contributed by atoms with Crippen LogP contribution in [0.2, 0.25) is 0 Å². The monoisotopic (exact) mass is 579 g/mol. The van der Waals surface area contributed by atoms with Crippen molar-refractivity contribution in [2.24, 2.45) is 12.1 Å². The summed E-state index contributed by atoms with van der Waals surface area (Å²) >= 11 is 2.73. The molecule has 0 fully saturated rings. The average molecular weight is 580 g/mol. The van der Waals surface area contributed by atoms with Gasteiger partial charge in [-0.25, -0.2) is 9.40 Å². The van der Waals surface area contributed by atoms with Crippen LogP contribution in [0.25, 0.3) is 0 Å². The highest BCUT2D eigenvalue weighted by atomic mass is 32.2. The maximum atomic E-state index is 13.5. The fourth-order valence-corrected chi connectivity index (χ4v) is 5.59. The third-order valence-corrected chi connectivity index (χ3v) is 8.15. The van der Waals surface area contributed by atoms with Crippen LogP contribution in [0.5, 0.6) is 0 Å². The molecule has 5 rings (SSSR count). The number of hydrogen-bond donors (Lipinski definition) is 1. The van der Waals surface area contributed by atoms with E-state index in [0.717, 1.165) is 16.2 Å². The van der Waals surface area contributed by atoms with Gasteiger partial charge in [0.15, 0.2) is 11.0 Å². The van der Waals surface area contributed by atoms with Crippen molar-refractivity contribution in [2.75, 3.05) is 5.75 Å². The summed E-state index contributed by atoms with van der Waals surface area (Å²) < 4.78 is 15.2. The lowest BCUT2D eigenvalue weighted by Gasteiger charge is -2.21. The van der Waals surface area contributed by atoms with Crippen LogP contribution in [0.3, 0.4) is 0 Å². The maximum Gasteiger partial charge on any atom is 0.269 e. The Morgan fingerprint density at radius 3 is 2.58 bits per heavy atom. The Kier molecular flexibility index (Phi) is 7.98. The predicted octanol–water partition coefficient (Wildman–Crippen LogP) is 4.32. The number of nitrogens with one attached hydrogen (secondary N) is 1. The standard InChI is InChI=1S/C26H22FN7O4S2/c1-32-23(14-28-25(36)17-6-10-19(11-7-17)34(37)38)29-30-26(32)40-15-24(35)33-21(16-4-8-18(27)9-5-16)13-20(31-33)22-3-2-12-39-22/h2-12,21H,13-15H2,1H3,(H,28,36). The zero-order chi connectivity index (χ0) is 28.2. The molecule has 0 saturated heterocycles. The van der Waals surface area contributed by atoms with Crippen LogP contribution >= 0.6 is 23.1 Å². The molecule has 2 aromatic carbocycles. The first kappa shape index (κ1) is 27.1. The first-order chi connectivity index (χ1) is 19.3. The van der Waals surface area contributed by atoms with Crippen LogP contribution in [0, 0.1) is 15.9 Å². The van der Waals surface area contributed by atoms with Gasteiger partial charge in [-0.15, -0.1) is 21.5 Å². The van der Waals surface area contributed by atoms with Crippen molar-refractivity contribution in [1.29, 1.82) is 0 Å². The van der Waals surface area contributed by atoms with Crippen LogP contribution < -0.4 is 5.32 Å². The third-order valence-electron chi connectivity index (χ3n) is 6.22. The van der Waals surface area contributed by atoms with Crippen molar-refractivity contribution in [3.8, 4) is 0 Å². The van der Waals surface area contributed by atoms with Gasteiger partial charge in [0.25, 0.3) is 17.5 Å². The molecule has 4 aromatic rings. The molecular weight excluding hydrogens is 557 g/mol. The van der Waals surface area contributed by atoms with Crippen molar-refractivity contribution in [2.45, 2.75) is 24.2 Å². The highest BCUT2D eigenvalue weighted by Crippen LogP contribution is 2.34.